The first kappa shape index (κ1) is 22.2. The topological polar surface area (TPSA) is 51.5 Å². The molecule has 5 nitrogen and oxygen atoms in total. The molecule has 1 saturated heterocycles. The van der Waals surface area contributed by atoms with Gasteiger partial charge in [-0.1, -0.05) is 23.7 Å². The maximum atomic E-state index is 13.7. The minimum Gasteiger partial charge on any atom is -0.450 e. The molecule has 2 aliphatic heterocycles. The molecule has 2 fully saturated rings. The molecule has 0 N–H and O–H groups in total. The molecule has 2 aromatic carbocycles. The molecule has 1 aromatic heterocycles. The maximum Gasteiger partial charge on any atom is 0.339 e. The monoisotopic (exact) mass is 490 g/mol. The lowest BCUT2D eigenvalue weighted by Gasteiger charge is -2.38. The van der Waals surface area contributed by atoms with Gasteiger partial charge in [-0.15, -0.1) is 12.3 Å². The van der Waals surface area contributed by atoms with Gasteiger partial charge in [-0.2, -0.15) is 0 Å². The Bertz CT molecular complexity index is 1420. The van der Waals surface area contributed by atoms with Crippen molar-refractivity contribution in [3.63, 3.8) is 0 Å². The van der Waals surface area contributed by atoms with Gasteiger partial charge in [0, 0.05) is 61.1 Å². The highest BCUT2D eigenvalue weighted by Gasteiger charge is 2.48. The van der Waals surface area contributed by atoms with Crippen molar-refractivity contribution in [2.75, 3.05) is 13.1 Å². The standard InChI is InChI=1S/C28H24ClFN2O3/c1-2-7-27(8-9-27)17-32-16-22(20-5-3-18(29)14-24(20)32)25(33)31-12-10-28(11-13-31)23-6-4-19(30)15-21(23)26(34)35-28/h1,3-6,14-16H,7-13,17H2. The molecular weight excluding hydrogens is 467 g/mol. The fourth-order valence-electron chi connectivity index (χ4n) is 5.69. The third-order valence-electron chi connectivity index (χ3n) is 7.85. The van der Waals surface area contributed by atoms with Crippen LogP contribution in [0.2, 0.25) is 5.02 Å². The number of aromatic nitrogens is 1. The van der Waals surface area contributed by atoms with E-state index in [1.165, 1.54) is 12.1 Å². The van der Waals surface area contributed by atoms with E-state index in [1.807, 2.05) is 23.2 Å². The van der Waals surface area contributed by atoms with Gasteiger partial charge in [0.25, 0.3) is 5.91 Å². The number of esters is 1. The van der Waals surface area contributed by atoms with Crippen molar-refractivity contribution in [2.24, 2.45) is 5.41 Å². The summed E-state index contributed by atoms with van der Waals surface area (Å²) in [5, 5.41) is 1.49. The van der Waals surface area contributed by atoms with Crippen LogP contribution in [0.5, 0.6) is 0 Å². The fourth-order valence-corrected chi connectivity index (χ4v) is 5.86. The number of hydrogen-bond acceptors (Lipinski definition) is 3. The SMILES string of the molecule is C#CCC1(Cn2cc(C(=O)N3CCC4(CC3)OC(=O)c3cc(F)ccc34)c3ccc(Cl)cc32)CC1. The van der Waals surface area contributed by atoms with Gasteiger partial charge in [0.05, 0.1) is 16.6 Å². The number of carbonyl (C=O) groups is 2. The largest absolute Gasteiger partial charge is 0.450 e. The number of terminal acetylenes is 1. The molecule has 35 heavy (non-hydrogen) atoms. The minimum atomic E-state index is -0.800. The molecule has 3 aromatic rings. The Balaban J connectivity index is 1.27. The van der Waals surface area contributed by atoms with Gasteiger partial charge in [0.1, 0.15) is 11.4 Å². The predicted octanol–water partition coefficient (Wildman–Crippen LogP) is 5.54. The molecular formula is C28H24ClFN2O3. The first-order valence-electron chi connectivity index (χ1n) is 11.9. The lowest BCUT2D eigenvalue weighted by atomic mass is 9.83. The van der Waals surface area contributed by atoms with Gasteiger partial charge in [0.2, 0.25) is 0 Å². The van der Waals surface area contributed by atoms with Crippen LogP contribution < -0.4 is 0 Å². The second kappa shape index (κ2) is 7.86. The Morgan fingerprint density at radius 3 is 2.63 bits per heavy atom. The zero-order valence-corrected chi connectivity index (χ0v) is 19.9. The first-order valence-corrected chi connectivity index (χ1v) is 12.3. The molecule has 1 aliphatic carbocycles. The molecule has 1 spiro atoms. The molecule has 7 heteroatoms. The van der Waals surface area contributed by atoms with Crippen molar-refractivity contribution in [2.45, 2.75) is 44.2 Å². The van der Waals surface area contributed by atoms with Gasteiger partial charge in [-0.05, 0) is 42.5 Å². The molecule has 3 aliphatic rings. The number of carbonyl (C=O) groups excluding carboxylic acids is 2. The molecule has 6 rings (SSSR count). The van der Waals surface area contributed by atoms with E-state index in [9.17, 15) is 14.0 Å². The summed E-state index contributed by atoms with van der Waals surface area (Å²) in [6, 6.07) is 9.83. The summed E-state index contributed by atoms with van der Waals surface area (Å²) in [5.41, 5.74) is 1.86. The van der Waals surface area contributed by atoms with Crippen molar-refractivity contribution in [3.8, 4) is 12.3 Å². The van der Waals surface area contributed by atoms with Crippen molar-refractivity contribution < 1.29 is 18.7 Å². The van der Waals surface area contributed by atoms with Gasteiger partial charge < -0.3 is 14.2 Å². The van der Waals surface area contributed by atoms with Crippen LogP contribution in [0.15, 0.2) is 42.6 Å². The van der Waals surface area contributed by atoms with Crippen LogP contribution in [0.1, 0.15) is 58.4 Å². The molecule has 0 atom stereocenters. The summed E-state index contributed by atoms with van der Waals surface area (Å²) in [5.74, 6) is 1.78. The quantitative estimate of drug-likeness (QED) is 0.356. The number of halogens is 2. The molecule has 1 amide bonds. The third-order valence-corrected chi connectivity index (χ3v) is 8.09. The summed E-state index contributed by atoms with van der Waals surface area (Å²) < 4.78 is 21.5. The molecule has 1 saturated carbocycles. The van der Waals surface area contributed by atoms with Crippen molar-refractivity contribution >= 4 is 34.4 Å². The van der Waals surface area contributed by atoms with E-state index < -0.39 is 17.4 Å². The number of amides is 1. The van der Waals surface area contributed by atoms with Gasteiger partial charge >= 0.3 is 5.97 Å². The number of ether oxygens (including phenoxy) is 1. The fraction of sp³-hybridized carbons (Fsp3) is 0.357. The summed E-state index contributed by atoms with van der Waals surface area (Å²) >= 11 is 6.30. The summed E-state index contributed by atoms with van der Waals surface area (Å²) in [7, 11) is 0. The van der Waals surface area contributed by atoms with E-state index in [0.29, 0.717) is 42.1 Å². The highest BCUT2D eigenvalue weighted by atomic mass is 35.5. The van der Waals surface area contributed by atoms with E-state index in [4.69, 9.17) is 22.8 Å². The van der Waals surface area contributed by atoms with Crippen molar-refractivity contribution in [3.05, 3.63) is 70.1 Å². The average Bonchev–Trinajstić information content (AvgIpc) is 3.44. The Hall–Kier alpha value is -3.30. The lowest BCUT2D eigenvalue weighted by Crippen LogP contribution is -2.45. The summed E-state index contributed by atoms with van der Waals surface area (Å²) in [6.07, 6.45) is 11.4. The zero-order chi connectivity index (χ0) is 24.4. The number of rotatable bonds is 4. The van der Waals surface area contributed by atoms with Gasteiger partial charge in [-0.25, -0.2) is 9.18 Å². The highest BCUT2D eigenvalue weighted by molar-refractivity contribution is 6.31. The first-order chi connectivity index (χ1) is 16.8. The van der Waals surface area contributed by atoms with E-state index in [-0.39, 0.29) is 16.9 Å². The molecule has 3 heterocycles. The minimum absolute atomic E-state index is 0.0589. The number of nitrogens with zero attached hydrogens (tertiary/aromatic N) is 2. The smallest absolute Gasteiger partial charge is 0.339 e. The van der Waals surface area contributed by atoms with Gasteiger partial charge in [-0.3, -0.25) is 4.79 Å². The Kier molecular flexibility index (Phi) is 4.98. The average molecular weight is 491 g/mol. The molecule has 0 bridgehead atoms. The van der Waals surface area contributed by atoms with E-state index >= 15 is 0 Å². The van der Waals surface area contributed by atoms with Gasteiger partial charge in [0.15, 0.2) is 0 Å². The van der Waals surface area contributed by atoms with Crippen LogP contribution >= 0.6 is 11.6 Å². The normalized spacial score (nSPS) is 19.5. The Morgan fingerprint density at radius 2 is 1.91 bits per heavy atom. The van der Waals surface area contributed by atoms with E-state index in [0.717, 1.165) is 36.7 Å². The lowest BCUT2D eigenvalue weighted by molar-refractivity contribution is -0.0389. The second-order valence-corrected chi connectivity index (χ2v) is 10.5. The van der Waals surface area contributed by atoms with Crippen LogP contribution in [-0.4, -0.2) is 34.4 Å². The number of fused-ring (bicyclic) bond motifs is 3. The number of piperidine rings is 1. The Morgan fingerprint density at radius 1 is 1.14 bits per heavy atom. The van der Waals surface area contributed by atoms with E-state index in [1.54, 1.807) is 12.1 Å². The van der Waals surface area contributed by atoms with Crippen molar-refractivity contribution in [1.82, 2.24) is 9.47 Å². The number of benzene rings is 2. The van der Waals surface area contributed by atoms with Crippen LogP contribution in [0.4, 0.5) is 4.39 Å². The molecule has 178 valence electrons. The maximum absolute atomic E-state index is 13.7. The molecule has 0 unspecified atom stereocenters. The molecule has 0 radical (unpaired) electrons. The summed E-state index contributed by atoms with van der Waals surface area (Å²) in [6.45, 7) is 1.63. The van der Waals surface area contributed by atoms with Crippen LogP contribution in [-0.2, 0) is 16.9 Å². The predicted molar refractivity (Wildman–Crippen MR) is 131 cm³/mol. The number of hydrogen-bond donors (Lipinski definition) is 0. The summed E-state index contributed by atoms with van der Waals surface area (Å²) in [4.78, 5) is 27.9. The van der Waals surface area contributed by atoms with Crippen molar-refractivity contribution in [1.29, 1.82) is 0 Å². The van der Waals surface area contributed by atoms with Crippen LogP contribution in [0, 0.1) is 23.6 Å². The second-order valence-electron chi connectivity index (χ2n) is 10.1. The van der Waals surface area contributed by atoms with Crippen LogP contribution in [0.3, 0.4) is 0 Å². The third kappa shape index (κ3) is 3.61. The highest BCUT2D eigenvalue weighted by Crippen LogP contribution is 2.50. The Labute approximate surface area is 207 Å². The van der Waals surface area contributed by atoms with Crippen LogP contribution in [0.25, 0.3) is 10.9 Å². The zero-order valence-electron chi connectivity index (χ0n) is 19.2. The van der Waals surface area contributed by atoms with E-state index in [2.05, 4.69) is 10.5 Å². The number of likely N-dealkylation sites (tertiary alicyclic amines) is 1.